The average molecular weight is 431 g/mol. The first-order valence-corrected chi connectivity index (χ1v) is 9.21. The quantitative estimate of drug-likeness (QED) is 0.551. The molecule has 0 unspecified atom stereocenters. The Balaban J connectivity index is 2.12. The highest BCUT2D eigenvalue weighted by Crippen LogP contribution is 2.32. The number of carbonyl (C=O) groups excluding carboxylic acids is 1. The number of likely N-dealkylation sites (N-methyl/N-ethyl adjacent to an activating group) is 1. The molecule has 1 heterocycles. The maximum atomic E-state index is 12.2. The van der Waals surface area contributed by atoms with Crippen LogP contribution in [-0.2, 0) is 4.79 Å². The Labute approximate surface area is 165 Å². The van der Waals surface area contributed by atoms with Gasteiger partial charge < -0.3 is 9.80 Å². The molecule has 3 rings (SSSR count). The molecule has 1 aliphatic rings. The molecule has 0 saturated heterocycles. The minimum absolute atomic E-state index is 0.0139. The molecular formula is C19H19BrN4O3. The van der Waals surface area contributed by atoms with Gasteiger partial charge in [0, 0.05) is 42.4 Å². The first kappa shape index (κ1) is 19.0. The van der Waals surface area contributed by atoms with E-state index >= 15 is 0 Å². The summed E-state index contributed by atoms with van der Waals surface area (Å²) in [7, 11) is 3.44. The number of hydrogen-bond acceptors (Lipinski definition) is 5. The van der Waals surface area contributed by atoms with Gasteiger partial charge in [-0.05, 0) is 24.3 Å². The van der Waals surface area contributed by atoms with E-state index in [0.29, 0.717) is 24.4 Å². The summed E-state index contributed by atoms with van der Waals surface area (Å²) in [5.41, 5.74) is 2.66. The van der Waals surface area contributed by atoms with E-state index in [-0.39, 0.29) is 18.1 Å². The number of carbonyl (C=O) groups is 1. The summed E-state index contributed by atoms with van der Waals surface area (Å²) in [5, 5.41) is 11.5. The maximum Gasteiger partial charge on any atom is 0.278 e. The van der Waals surface area contributed by atoms with Crippen molar-refractivity contribution in [3.05, 3.63) is 68.2 Å². The number of para-hydroxylation sites is 1. The van der Waals surface area contributed by atoms with Gasteiger partial charge in [-0.25, -0.2) is 0 Å². The number of benzene rings is 2. The standard InChI is InChI=1S/C19H19BrN4O3/c1-22(2)18(25)12-23-10-9-21-19(15-11-13(20)7-8-16(15)23)14-5-3-4-6-17(14)24(26)27/h3-8,11H,9-10,12H2,1-2H3. The van der Waals surface area contributed by atoms with E-state index in [1.807, 2.05) is 23.1 Å². The fourth-order valence-corrected chi connectivity index (χ4v) is 3.36. The molecule has 0 atom stereocenters. The number of benzodiazepines with no additional fused rings is 1. The number of nitro benzene ring substituents is 1. The summed E-state index contributed by atoms with van der Waals surface area (Å²) in [6.45, 7) is 1.22. The zero-order valence-electron chi connectivity index (χ0n) is 15.1. The minimum Gasteiger partial charge on any atom is -0.360 e. The van der Waals surface area contributed by atoms with Crippen molar-refractivity contribution < 1.29 is 9.72 Å². The summed E-state index contributed by atoms with van der Waals surface area (Å²) in [4.78, 5) is 31.5. The molecule has 1 aliphatic heterocycles. The monoisotopic (exact) mass is 430 g/mol. The highest BCUT2D eigenvalue weighted by atomic mass is 79.9. The number of fused-ring (bicyclic) bond motifs is 1. The minimum atomic E-state index is -0.395. The molecule has 2 aromatic carbocycles. The molecule has 140 valence electrons. The Bertz CT molecular complexity index is 927. The Hall–Kier alpha value is -2.74. The number of halogens is 1. The zero-order chi connectivity index (χ0) is 19.6. The van der Waals surface area contributed by atoms with Gasteiger partial charge in [-0.1, -0.05) is 28.1 Å². The average Bonchev–Trinajstić information content (AvgIpc) is 2.80. The van der Waals surface area contributed by atoms with Gasteiger partial charge >= 0.3 is 0 Å². The van der Waals surface area contributed by atoms with Crippen LogP contribution in [0.5, 0.6) is 0 Å². The summed E-state index contributed by atoms with van der Waals surface area (Å²) in [6.07, 6.45) is 0. The van der Waals surface area contributed by atoms with Crippen LogP contribution in [0.4, 0.5) is 11.4 Å². The van der Waals surface area contributed by atoms with Crippen LogP contribution >= 0.6 is 15.9 Å². The van der Waals surface area contributed by atoms with Gasteiger partial charge in [0.15, 0.2) is 0 Å². The molecule has 0 N–H and O–H groups in total. The second-order valence-electron chi connectivity index (χ2n) is 6.38. The smallest absolute Gasteiger partial charge is 0.278 e. The van der Waals surface area contributed by atoms with Crippen molar-refractivity contribution in [2.75, 3.05) is 38.6 Å². The number of nitro groups is 1. The van der Waals surface area contributed by atoms with Crippen LogP contribution in [0.15, 0.2) is 51.9 Å². The largest absolute Gasteiger partial charge is 0.360 e. The Morgan fingerprint density at radius 2 is 2.00 bits per heavy atom. The highest BCUT2D eigenvalue weighted by molar-refractivity contribution is 9.10. The summed E-state index contributed by atoms with van der Waals surface area (Å²) in [6, 6.07) is 12.3. The predicted molar refractivity (Wildman–Crippen MR) is 109 cm³/mol. The second kappa shape index (κ2) is 7.87. The maximum absolute atomic E-state index is 12.2. The summed E-state index contributed by atoms with van der Waals surface area (Å²) in [5.74, 6) is -0.0157. The van der Waals surface area contributed by atoms with Crippen molar-refractivity contribution in [2.45, 2.75) is 0 Å². The second-order valence-corrected chi connectivity index (χ2v) is 7.29. The third-order valence-corrected chi connectivity index (χ3v) is 4.87. The van der Waals surface area contributed by atoms with Crippen molar-refractivity contribution in [1.82, 2.24) is 4.90 Å². The lowest BCUT2D eigenvalue weighted by Gasteiger charge is -2.25. The van der Waals surface area contributed by atoms with E-state index in [0.717, 1.165) is 15.7 Å². The number of anilines is 1. The Kier molecular flexibility index (Phi) is 5.55. The molecule has 0 aliphatic carbocycles. The van der Waals surface area contributed by atoms with E-state index in [2.05, 4.69) is 20.9 Å². The third kappa shape index (κ3) is 4.00. The lowest BCUT2D eigenvalue weighted by atomic mass is 9.98. The molecule has 0 spiro atoms. The van der Waals surface area contributed by atoms with Crippen molar-refractivity contribution in [2.24, 2.45) is 4.99 Å². The molecule has 8 heteroatoms. The van der Waals surface area contributed by atoms with Crippen molar-refractivity contribution in [3.8, 4) is 0 Å². The molecule has 0 radical (unpaired) electrons. The molecule has 2 aromatic rings. The fraction of sp³-hybridized carbons (Fsp3) is 0.263. The predicted octanol–water partition coefficient (Wildman–Crippen LogP) is 3.10. The van der Waals surface area contributed by atoms with Crippen LogP contribution in [-0.4, -0.2) is 55.2 Å². The van der Waals surface area contributed by atoms with Crippen LogP contribution in [0.25, 0.3) is 0 Å². The number of nitrogens with zero attached hydrogens (tertiary/aromatic N) is 4. The third-order valence-electron chi connectivity index (χ3n) is 4.38. The van der Waals surface area contributed by atoms with E-state index < -0.39 is 4.92 Å². The van der Waals surface area contributed by atoms with Crippen LogP contribution in [0.2, 0.25) is 0 Å². The molecular weight excluding hydrogens is 412 g/mol. The molecule has 0 bridgehead atoms. The molecule has 27 heavy (non-hydrogen) atoms. The molecule has 7 nitrogen and oxygen atoms in total. The van der Waals surface area contributed by atoms with Crippen LogP contribution in [0.1, 0.15) is 11.1 Å². The molecule has 0 saturated carbocycles. The number of amides is 1. The first-order valence-electron chi connectivity index (χ1n) is 8.41. The van der Waals surface area contributed by atoms with Gasteiger partial charge in [-0.15, -0.1) is 0 Å². The summed E-state index contributed by atoms with van der Waals surface area (Å²) < 4.78 is 0.841. The van der Waals surface area contributed by atoms with Gasteiger partial charge in [0.2, 0.25) is 5.91 Å². The zero-order valence-corrected chi connectivity index (χ0v) is 16.6. The topological polar surface area (TPSA) is 79.0 Å². The van der Waals surface area contributed by atoms with Crippen molar-refractivity contribution in [3.63, 3.8) is 0 Å². The van der Waals surface area contributed by atoms with E-state index in [1.165, 1.54) is 6.07 Å². The normalized spacial score (nSPS) is 13.4. The first-order chi connectivity index (χ1) is 12.9. The van der Waals surface area contributed by atoms with Crippen molar-refractivity contribution in [1.29, 1.82) is 0 Å². The lowest BCUT2D eigenvalue weighted by molar-refractivity contribution is -0.385. The highest BCUT2D eigenvalue weighted by Gasteiger charge is 2.26. The number of aliphatic imine (C=N–C) groups is 1. The van der Waals surface area contributed by atoms with Crippen LogP contribution in [0, 0.1) is 10.1 Å². The van der Waals surface area contributed by atoms with E-state index in [4.69, 9.17) is 0 Å². The SMILES string of the molecule is CN(C)C(=O)CN1CCN=C(c2ccccc2[N+](=O)[O-])c2cc(Br)ccc21. The van der Waals surface area contributed by atoms with Crippen molar-refractivity contribution >= 4 is 38.9 Å². The van der Waals surface area contributed by atoms with E-state index in [1.54, 1.807) is 37.2 Å². The Morgan fingerprint density at radius 1 is 1.26 bits per heavy atom. The van der Waals surface area contributed by atoms with E-state index in [9.17, 15) is 14.9 Å². The van der Waals surface area contributed by atoms with Gasteiger partial charge in [0.25, 0.3) is 5.69 Å². The van der Waals surface area contributed by atoms with Gasteiger partial charge in [-0.2, -0.15) is 0 Å². The van der Waals surface area contributed by atoms with Crippen LogP contribution in [0.3, 0.4) is 0 Å². The molecule has 0 fully saturated rings. The molecule has 0 aromatic heterocycles. The lowest BCUT2D eigenvalue weighted by Crippen LogP contribution is -2.38. The Morgan fingerprint density at radius 3 is 2.70 bits per heavy atom. The fourth-order valence-electron chi connectivity index (χ4n) is 2.99. The van der Waals surface area contributed by atoms with Gasteiger partial charge in [0.05, 0.1) is 29.3 Å². The van der Waals surface area contributed by atoms with Gasteiger partial charge in [0.1, 0.15) is 0 Å². The van der Waals surface area contributed by atoms with Gasteiger partial charge in [-0.3, -0.25) is 19.9 Å². The number of hydrogen-bond donors (Lipinski definition) is 0. The summed E-state index contributed by atoms with van der Waals surface area (Å²) >= 11 is 3.47. The molecule has 1 amide bonds. The number of rotatable bonds is 4. The van der Waals surface area contributed by atoms with Crippen LogP contribution < -0.4 is 4.90 Å².